The second kappa shape index (κ2) is 5.14. The summed E-state index contributed by atoms with van der Waals surface area (Å²) in [6, 6.07) is 0. The van der Waals surface area contributed by atoms with E-state index >= 15 is 0 Å². The molecule has 0 fully saturated rings. The van der Waals surface area contributed by atoms with Gasteiger partial charge >= 0.3 is 5.97 Å². The molecule has 1 aromatic rings. The Balaban J connectivity index is 2.27. The number of carboxylic acids is 1. The first-order chi connectivity index (χ1) is 7.11. The second-order valence-corrected chi connectivity index (χ2v) is 3.25. The fourth-order valence-corrected chi connectivity index (χ4v) is 1.00. The largest absolute Gasteiger partial charge is 0.481 e. The van der Waals surface area contributed by atoms with E-state index < -0.39 is 11.9 Å². The molecule has 6 nitrogen and oxygen atoms in total. The maximum Gasteiger partial charge on any atom is 0.306 e. The molecule has 3 N–H and O–H groups in total. The summed E-state index contributed by atoms with van der Waals surface area (Å²) in [7, 11) is 0. The molecule has 82 valence electrons. The molecule has 0 aromatic carbocycles. The van der Waals surface area contributed by atoms with Gasteiger partial charge in [-0.1, -0.05) is 6.92 Å². The molecule has 1 aromatic heterocycles. The van der Waals surface area contributed by atoms with Crippen LogP contribution in [0.4, 0.5) is 0 Å². The minimum absolute atomic E-state index is 0.273. The minimum atomic E-state index is -0.856. The summed E-state index contributed by atoms with van der Waals surface area (Å²) in [5, 5.41) is 11.2. The van der Waals surface area contributed by atoms with Crippen molar-refractivity contribution in [1.29, 1.82) is 0 Å². The third-order valence-electron chi connectivity index (χ3n) is 2.03. The molecule has 1 atom stereocenters. The molecule has 0 saturated heterocycles. The van der Waals surface area contributed by atoms with Gasteiger partial charge in [-0.3, -0.25) is 9.59 Å². The number of nitrogens with one attached hydrogen (secondary N) is 2. The fraction of sp³-hybridized carbons (Fsp3) is 0.444. The van der Waals surface area contributed by atoms with Gasteiger partial charge in [0.15, 0.2) is 0 Å². The van der Waals surface area contributed by atoms with E-state index in [0.717, 1.165) is 0 Å². The van der Waals surface area contributed by atoms with Gasteiger partial charge in [0.05, 0.1) is 18.4 Å². The first kappa shape index (κ1) is 11.2. The van der Waals surface area contributed by atoms with Crippen molar-refractivity contribution in [2.75, 3.05) is 6.54 Å². The summed E-state index contributed by atoms with van der Waals surface area (Å²) >= 11 is 0. The van der Waals surface area contributed by atoms with E-state index in [1.165, 1.54) is 12.5 Å². The van der Waals surface area contributed by atoms with Crippen LogP contribution in [0.5, 0.6) is 0 Å². The highest BCUT2D eigenvalue weighted by Crippen LogP contribution is 2.00. The van der Waals surface area contributed by atoms with Crippen LogP contribution in [0.1, 0.15) is 23.8 Å². The molecule has 1 amide bonds. The molecule has 0 bridgehead atoms. The smallest absolute Gasteiger partial charge is 0.306 e. The van der Waals surface area contributed by atoms with Crippen molar-refractivity contribution in [1.82, 2.24) is 15.3 Å². The molecule has 6 heteroatoms. The monoisotopic (exact) mass is 211 g/mol. The third-order valence-corrected chi connectivity index (χ3v) is 2.03. The fourth-order valence-electron chi connectivity index (χ4n) is 1.00. The number of H-pyrrole nitrogens is 1. The number of carboxylic acid groups (broad SMARTS) is 1. The van der Waals surface area contributed by atoms with Crippen LogP contribution < -0.4 is 5.32 Å². The van der Waals surface area contributed by atoms with E-state index in [2.05, 4.69) is 15.3 Å². The summed E-state index contributed by atoms with van der Waals surface area (Å²) in [5.41, 5.74) is 0.373. The zero-order valence-electron chi connectivity index (χ0n) is 8.36. The first-order valence-electron chi connectivity index (χ1n) is 4.60. The summed E-state index contributed by atoms with van der Waals surface area (Å²) in [5.74, 6) is -1.58. The number of hydrogen-bond donors (Lipinski definition) is 3. The standard InChI is InChI=1S/C9H13N3O3/c1-6(9(14)15)2-3-11-8(13)7-4-10-5-12-7/h4-6H,2-3H2,1H3,(H,10,12)(H,11,13)(H,14,15). The van der Waals surface area contributed by atoms with Crippen LogP contribution in [-0.4, -0.2) is 33.5 Å². The molecule has 0 aliphatic carbocycles. The van der Waals surface area contributed by atoms with Crippen LogP contribution in [0.3, 0.4) is 0 Å². The Morgan fingerprint density at radius 3 is 2.93 bits per heavy atom. The molecule has 0 aliphatic rings. The van der Waals surface area contributed by atoms with Crippen molar-refractivity contribution in [3.05, 3.63) is 18.2 Å². The molecule has 0 spiro atoms. The number of carbonyl (C=O) groups excluding carboxylic acids is 1. The zero-order chi connectivity index (χ0) is 11.3. The van der Waals surface area contributed by atoms with Crippen molar-refractivity contribution >= 4 is 11.9 Å². The minimum Gasteiger partial charge on any atom is -0.481 e. The molecule has 15 heavy (non-hydrogen) atoms. The number of imidazole rings is 1. The zero-order valence-corrected chi connectivity index (χ0v) is 8.36. The molecule has 0 radical (unpaired) electrons. The van der Waals surface area contributed by atoms with Gasteiger partial charge < -0.3 is 15.4 Å². The van der Waals surface area contributed by atoms with Gasteiger partial charge in [0.25, 0.3) is 5.91 Å². The van der Waals surface area contributed by atoms with Crippen LogP contribution in [-0.2, 0) is 4.79 Å². The second-order valence-electron chi connectivity index (χ2n) is 3.25. The number of nitrogens with zero attached hydrogens (tertiary/aromatic N) is 1. The summed E-state index contributed by atoms with van der Waals surface area (Å²) in [6.45, 7) is 1.94. The average molecular weight is 211 g/mol. The molecule has 0 aliphatic heterocycles. The number of rotatable bonds is 5. The van der Waals surface area contributed by atoms with Crippen LogP contribution in [0.25, 0.3) is 0 Å². The number of amides is 1. The van der Waals surface area contributed by atoms with E-state index in [4.69, 9.17) is 5.11 Å². The van der Waals surface area contributed by atoms with E-state index in [0.29, 0.717) is 18.7 Å². The third kappa shape index (κ3) is 3.41. The van der Waals surface area contributed by atoms with Gasteiger partial charge in [-0.15, -0.1) is 0 Å². The first-order valence-corrected chi connectivity index (χ1v) is 4.60. The number of aromatic amines is 1. The molecule has 1 unspecified atom stereocenters. The summed E-state index contributed by atoms with van der Waals surface area (Å²) in [6.07, 6.45) is 3.24. The molecular weight excluding hydrogens is 198 g/mol. The predicted octanol–water partition coefficient (Wildman–Crippen LogP) is 0.250. The van der Waals surface area contributed by atoms with E-state index in [9.17, 15) is 9.59 Å². The van der Waals surface area contributed by atoms with Crippen molar-refractivity contribution in [2.45, 2.75) is 13.3 Å². The lowest BCUT2D eigenvalue weighted by Crippen LogP contribution is -2.27. The maximum absolute atomic E-state index is 11.3. The Bertz CT molecular complexity index is 334. The van der Waals surface area contributed by atoms with E-state index in [1.807, 2.05) is 0 Å². The van der Waals surface area contributed by atoms with Crippen molar-refractivity contribution in [3.8, 4) is 0 Å². The quantitative estimate of drug-likeness (QED) is 0.650. The van der Waals surface area contributed by atoms with Crippen LogP contribution in [0, 0.1) is 5.92 Å². The molecule has 1 heterocycles. The Hall–Kier alpha value is -1.85. The van der Waals surface area contributed by atoms with Crippen molar-refractivity contribution in [3.63, 3.8) is 0 Å². The molecular formula is C9H13N3O3. The maximum atomic E-state index is 11.3. The lowest BCUT2D eigenvalue weighted by atomic mass is 10.1. The summed E-state index contributed by atoms with van der Waals surface area (Å²) in [4.78, 5) is 28.2. The van der Waals surface area contributed by atoms with E-state index in [1.54, 1.807) is 6.92 Å². The normalized spacial score (nSPS) is 12.1. The van der Waals surface area contributed by atoms with Gasteiger partial charge in [-0.25, -0.2) is 4.98 Å². The van der Waals surface area contributed by atoms with Crippen LogP contribution in [0.2, 0.25) is 0 Å². The van der Waals surface area contributed by atoms with Gasteiger partial charge in [0, 0.05) is 6.54 Å². The van der Waals surface area contributed by atoms with Crippen LogP contribution in [0.15, 0.2) is 12.5 Å². The lowest BCUT2D eigenvalue weighted by molar-refractivity contribution is -0.141. The number of carbonyl (C=O) groups is 2. The molecule has 0 saturated carbocycles. The van der Waals surface area contributed by atoms with Crippen molar-refractivity contribution < 1.29 is 14.7 Å². The lowest BCUT2D eigenvalue weighted by Gasteiger charge is -2.06. The average Bonchev–Trinajstić information content (AvgIpc) is 2.70. The van der Waals surface area contributed by atoms with Crippen molar-refractivity contribution in [2.24, 2.45) is 5.92 Å². The number of aliphatic carboxylic acids is 1. The van der Waals surface area contributed by atoms with Gasteiger partial charge in [-0.2, -0.15) is 0 Å². The molecule has 1 rings (SSSR count). The Labute approximate surface area is 86.7 Å². The van der Waals surface area contributed by atoms with Gasteiger partial charge in [0.1, 0.15) is 5.69 Å². The Kier molecular flexibility index (Phi) is 3.84. The van der Waals surface area contributed by atoms with E-state index in [-0.39, 0.29) is 5.91 Å². The number of hydrogen-bond acceptors (Lipinski definition) is 3. The SMILES string of the molecule is CC(CCNC(=O)c1cnc[nH]1)C(=O)O. The van der Waals surface area contributed by atoms with Gasteiger partial charge in [-0.05, 0) is 6.42 Å². The predicted molar refractivity (Wildman–Crippen MR) is 52.3 cm³/mol. The highest BCUT2D eigenvalue weighted by molar-refractivity contribution is 5.91. The van der Waals surface area contributed by atoms with Gasteiger partial charge in [0.2, 0.25) is 0 Å². The van der Waals surface area contributed by atoms with Crippen LogP contribution >= 0.6 is 0 Å². The topological polar surface area (TPSA) is 95.1 Å². The Morgan fingerprint density at radius 2 is 2.40 bits per heavy atom. The highest BCUT2D eigenvalue weighted by atomic mass is 16.4. The Morgan fingerprint density at radius 1 is 1.67 bits per heavy atom. The number of aromatic nitrogens is 2. The highest BCUT2D eigenvalue weighted by Gasteiger charge is 2.11. The summed E-state index contributed by atoms with van der Waals surface area (Å²) < 4.78 is 0.